The second kappa shape index (κ2) is 5.80. The molecule has 0 aliphatic heterocycles. The maximum Gasteiger partial charge on any atom is 0.162 e. The summed E-state index contributed by atoms with van der Waals surface area (Å²) < 4.78 is 0. The van der Waals surface area contributed by atoms with E-state index in [0.29, 0.717) is 21.7 Å². The summed E-state index contributed by atoms with van der Waals surface area (Å²) >= 11 is 12.6. The van der Waals surface area contributed by atoms with Crippen LogP contribution in [0.3, 0.4) is 0 Å². The van der Waals surface area contributed by atoms with Crippen molar-refractivity contribution in [1.82, 2.24) is 15.0 Å². The van der Waals surface area contributed by atoms with Gasteiger partial charge in [0.1, 0.15) is 10.3 Å². The van der Waals surface area contributed by atoms with Crippen LogP contribution >= 0.6 is 23.2 Å². The van der Waals surface area contributed by atoms with E-state index in [1.54, 1.807) is 12.4 Å². The zero-order chi connectivity index (χ0) is 14.8. The van der Waals surface area contributed by atoms with Gasteiger partial charge in [0, 0.05) is 18.0 Å². The van der Waals surface area contributed by atoms with Gasteiger partial charge in [0.15, 0.2) is 5.82 Å². The molecule has 3 aromatic rings. The van der Waals surface area contributed by atoms with Crippen LogP contribution in [0.15, 0.2) is 48.8 Å². The van der Waals surface area contributed by atoms with Gasteiger partial charge in [0.25, 0.3) is 0 Å². The minimum atomic E-state index is 0.340. The third kappa shape index (κ3) is 2.89. The summed E-state index contributed by atoms with van der Waals surface area (Å²) in [6, 6.07) is 11.5. The molecule has 21 heavy (non-hydrogen) atoms. The number of halogens is 2. The highest BCUT2D eigenvalue weighted by Gasteiger charge is 2.14. The molecule has 1 aromatic carbocycles. The average Bonchev–Trinajstić information content (AvgIpc) is 2.47. The van der Waals surface area contributed by atoms with Gasteiger partial charge >= 0.3 is 0 Å². The highest BCUT2D eigenvalue weighted by molar-refractivity contribution is 6.37. The fourth-order valence-corrected chi connectivity index (χ4v) is 2.68. The van der Waals surface area contributed by atoms with Crippen LogP contribution in [-0.2, 0) is 0 Å². The molecule has 0 aliphatic carbocycles. The number of pyridine rings is 1. The number of hydrogen-bond acceptors (Lipinski definition) is 3. The number of benzene rings is 1. The third-order valence-corrected chi connectivity index (χ3v) is 3.61. The highest BCUT2D eigenvalue weighted by Crippen LogP contribution is 2.34. The standard InChI is InChI=1S/C16H11Cl2N3/c1-10-3-2-4-12(9-10)13-14(17)20-16(21-15(13)18)11-5-7-19-8-6-11/h2-9H,1H3. The predicted octanol–water partition coefficient (Wildman–Crippen LogP) is 4.82. The molecule has 0 radical (unpaired) electrons. The monoisotopic (exact) mass is 315 g/mol. The van der Waals surface area contributed by atoms with Crippen molar-refractivity contribution in [2.75, 3.05) is 0 Å². The summed E-state index contributed by atoms with van der Waals surface area (Å²) in [4.78, 5) is 12.7. The Morgan fingerprint density at radius 1 is 0.857 bits per heavy atom. The lowest BCUT2D eigenvalue weighted by Crippen LogP contribution is -1.95. The molecule has 0 fully saturated rings. The van der Waals surface area contributed by atoms with Gasteiger partial charge in [-0.3, -0.25) is 4.98 Å². The molecule has 3 rings (SSSR count). The van der Waals surface area contributed by atoms with Crippen molar-refractivity contribution in [3.05, 3.63) is 64.7 Å². The van der Waals surface area contributed by atoms with Crippen LogP contribution in [-0.4, -0.2) is 15.0 Å². The van der Waals surface area contributed by atoms with E-state index in [-0.39, 0.29) is 0 Å². The van der Waals surface area contributed by atoms with Gasteiger partial charge < -0.3 is 0 Å². The molecule has 2 heterocycles. The molecule has 2 aromatic heterocycles. The molecule has 5 heteroatoms. The quantitative estimate of drug-likeness (QED) is 0.636. The molecule has 104 valence electrons. The Morgan fingerprint density at radius 3 is 2.14 bits per heavy atom. The van der Waals surface area contributed by atoms with Crippen LogP contribution in [0.1, 0.15) is 5.56 Å². The van der Waals surface area contributed by atoms with Gasteiger partial charge in [-0.25, -0.2) is 9.97 Å². The molecule has 0 aliphatic rings. The third-order valence-electron chi connectivity index (χ3n) is 3.07. The van der Waals surface area contributed by atoms with Crippen LogP contribution in [0.25, 0.3) is 22.5 Å². The van der Waals surface area contributed by atoms with Crippen LogP contribution in [0.5, 0.6) is 0 Å². The normalized spacial score (nSPS) is 10.6. The summed E-state index contributed by atoms with van der Waals surface area (Å²) in [6.45, 7) is 2.01. The van der Waals surface area contributed by atoms with Gasteiger partial charge in [-0.2, -0.15) is 0 Å². The van der Waals surface area contributed by atoms with Crippen LogP contribution in [0, 0.1) is 6.92 Å². The minimum Gasteiger partial charge on any atom is -0.265 e. The number of aromatic nitrogens is 3. The van der Waals surface area contributed by atoms with E-state index in [1.165, 1.54) is 0 Å². The molecule has 0 N–H and O–H groups in total. The van der Waals surface area contributed by atoms with Crippen molar-refractivity contribution in [3.8, 4) is 22.5 Å². The molecule has 0 bridgehead atoms. The molecule has 0 amide bonds. The van der Waals surface area contributed by atoms with Gasteiger partial charge in [-0.15, -0.1) is 0 Å². The molecular weight excluding hydrogens is 305 g/mol. The summed E-state index contributed by atoms with van der Waals surface area (Å²) in [7, 11) is 0. The molecule has 0 saturated carbocycles. The van der Waals surface area contributed by atoms with Crippen molar-refractivity contribution < 1.29 is 0 Å². The van der Waals surface area contributed by atoms with Crippen LogP contribution < -0.4 is 0 Å². The van der Waals surface area contributed by atoms with Crippen molar-refractivity contribution in [2.45, 2.75) is 6.92 Å². The first-order valence-corrected chi connectivity index (χ1v) is 7.11. The number of rotatable bonds is 2. The summed E-state index contributed by atoms with van der Waals surface area (Å²) in [5.41, 5.74) is 3.51. The van der Waals surface area contributed by atoms with Crippen LogP contribution in [0.4, 0.5) is 0 Å². The van der Waals surface area contributed by atoms with Crippen molar-refractivity contribution in [1.29, 1.82) is 0 Å². The van der Waals surface area contributed by atoms with Gasteiger partial charge in [-0.1, -0.05) is 53.0 Å². The summed E-state index contributed by atoms with van der Waals surface area (Å²) in [5.74, 6) is 0.490. The zero-order valence-electron chi connectivity index (χ0n) is 11.2. The second-order valence-corrected chi connectivity index (χ2v) is 5.33. The Bertz CT molecular complexity index is 766. The van der Waals surface area contributed by atoms with Gasteiger partial charge in [-0.05, 0) is 24.6 Å². The number of aryl methyl sites for hydroxylation is 1. The molecule has 0 atom stereocenters. The lowest BCUT2D eigenvalue weighted by molar-refractivity contribution is 1.17. The van der Waals surface area contributed by atoms with E-state index in [4.69, 9.17) is 23.2 Å². The Hall–Kier alpha value is -1.97. The number of hydrogen-bond donors (Lipinski definition) is 0. The minimum absolute atomic E-state index is 0.340. The molecular formula is C16H11Cl2N3. The topological polar surface area (TPSA) is 38.7 Å². The first-order chi connectivity index (χ1) is 10.1. The maximum absolute atomic E-state index is 6.32. The maximum atomic E-state index is 6.32. The van der Waals surface area contributed by atoms with E-state index in [1.807, 2.05) is 43.3 Å². The molecule has 0 unspecified atom stereocenters. The average molecular weight is 316 g/mol. The highest BCUT2D eigenvalue weighted by atomic mass is 35.5. The lowest BCUT2D eigenvalue weighted by Gasteiger charge is -2.09. The van der Waals surface area contributed by atoms with Crippen molar-refractivity contribution in [2.24, 2.45) is 0 Å². The van der Waals surface area contributed by atoms with Crippen LogP contribution in [0.2, 0.25) is 10.3 Å². The van der Waals surface area contributed by atoms with E-state index in [0.717, 1.165) is 16.7 Å². The van der Waals surface area contributed by atoms with E-state index in [2.05, 4.69) is 15.0 Å². The zero-order valence-corrected chi connectivity index (χ0v) is 12.7. The van der Waals surface area contributed by atoms with Crippen molar-refractivity contribution >= 4 is 23.2 Å². The first-order valence-electron chi connectivity index (χ1n) is 6.35. The Balaban J connectivity index is 2.13. The fraction of sp³-hybridized carbons (Fsp3) is 0.0625. The van der Waals surface area contributed by atoms with Crippen molar-refractivity contribution in [3.63, 3.8) is 0 Å². The van der Waals surface area contributed by atoms with E-state index < -0.39 is 0 Å². The predicted molar refractivity (Wildman–Crippen MR) is 85.5 cm³/mol. The lowest BCUT2D eigenvalue weighted by atomic mass is 10.1. The first kappa shape index (κ1) is 14.0. The molecule has 3 nitrogen and oxygen atoms in total. The summed E-state index contributed by atoms with van der Waals surface area (Å²) in [6.07, 6.45) is 3.35. The SMILES string of the molecule is Cc1cccc(-c2c(Cl)nc(-c3ccncc3)nc2Cl)c1. The van der Waals surface area contributed by atoms with Gasteiger partial charge in [0.2, 0.25) is 0 Å². The number of nitrogens with zero attached hydrogens (tertiary/aromatic N) is 3. The summed E-state index contributed by atoms with van der Waals surface area (Å²) in [5, 5.41) is 0.680. The second-order valence-electron chi connectivity index (χ2n) is 4.61. The fourth-order valence-electron chi connectivity index (χ4n) is 2.08. The van der Waals surface area contributed by atoms with E-state index in [9.17, 15) is 0 Å². The Morgan fingerprint density at radius 2 is 1.52 bits per heavy atom. The van der Waals surface area contributed by atoms with Gasteiger partial charge in [0.05, 0.1) is 5.56 Å². The van der Waals surface area contributed by atoms with E-state index >= 15 is 0 Å². The Labute approximate surface area is 132 Å². The largest absolute Gasteiger partial charge is 0.265 e. The molecule has 0 spiro atoms. The Kier molecular flexibility index (Phi) is 3.86. The smallest absolute Gasteiger partial charge is 0.162 e. The molecule has 0 saturated heterocycles.